The zero-order chi connectivity index (χ0) is 19.1. The first-order chi connectivity index (χ1) is 12.9. The third-order valence-electron chi connectivity index (χ3n) is 4.53. The second-order valence-electron chi connectivity index (χ2n) is 6.16. The number of anilines is 1. The molecule has 140 valence electrons. The Balaban J connectivity index is 1.71. The molecule has 0 aromatic carbocycles. The summed E-state index contributed by atoms with van der Waals surface area (Å²) >= 11 is 0. The smallest absolute Gasteiger partial charge is 0.355 e. The molecule has 8 nitrogen and oxygen atoms in total. The van der Waals surface area contributed by atoms with Gasteiger partial charge in [0.05, 0.1) is 6.33 Å². The fourth-order valence-corrected chi connectivity index (χ4v) is 3.09. The van der Waals surface area contributed by atoms with Crippen molar-refractivity contribution in [1.29, 1.82) is 0 Å². The van der Waals surface area contributed by atoms with E-state index in [1.807, 2.05) is 0 Å². The van der Waals surface area contributed by atoms with Crippen LogP contribution in [0.25, 0.3) is 11.5 Å². The molecule has 0 radical (unpaired) electrons. The molecule has 1 unspecified atom stereocenters. The number of hydrogen-bond acceptors (Lipinski definition) is 7. The third-order valence-corrected chi connectivity index (χ3v) is 4.53. The van der Waals surface area contributed by atoms with Crippen LogP contribution in [0.15, 0.2) is 46.1 Å². The zero-order valence-electron chi connectivity index (χ0n) is 13.8. The molecule has 1 aliphatic heterocycles. The molecule has 4 rings (SSSR count). The van der Waals surface area contributed by atoms with Gasteiger partial charge in [0.1, 0.15) is 11.5 Å². The Bertz CT molecular complexity index is 1000. The lowest BCUT2D eigenvalue weighted by Gasteiger charge is -2.28. The molecular weight excluding hydrogens is 365 g/mol. The van der Waals surface area contributed by atoms with Gasteiger partial charge in [-0.15, -0.1) is 0 Å². The Hall–Kier alpha value is -3.24. The molecule has 0 saturated carbocycles. The van der Waals surface area contributed by atoms with Crippen molar-refractivity contribution in [2.75, 3.05) is 18.0 Å². The molecule has 3 aromatic heterocycles. The van der Waals surface area contributed by atoms with Crippen molar-refractivity contribution in [1.82, 2.24) is 25.1 Å². The fourth-order valence-electron chi connectivity index (χ4n) is 3.09. The highest BCUT2D eigenvalue weighted by atomic mass is 19.4. The van der Waals surface area contributed by atoms with Gasteiger partial charge in [-0.3, -0.25) is 4.79 Å². The van der Waals surface area contributed by atoms with Crippen molar-refractivity contribution in [3.8, 4) is 11.5 Å². The van der Waals surface area contributed by atoms with Crippen LogP contribution in [-0.2, 0) is 5.41 Å². The highest BCUT2D eigenvalue weighted by Crippen LogP contribution is 2.47. The Morgan fingerprint density at radius 3 is 2.81 bits per heavy atom. The van der Waals surface area contributed by atoms with Crippen LogP contribution in [-0.4, -0.2) is 44.4 Å². The second kappa shape index (κ2) is 6.18. The van der Waals surface area contributed by atoms with E-state index in [-0.39, 0.29) is 24.5 Å². The first-order valence-corrected chi connectivity index (χ1v) is 8.01. The van der Waals surface area contributed by atoms with E-state index in [2.05, 4.69) is 25.1 Å². The lowest BCUT2D eigenvalue weighted by molar-refractivity contribution is -0.191. The molecule has 0 aliphatic carbocycles. The summed E-state index contributed by atoms with van der Waals surface area (Å²) in [5, 5.41) is 3.59. The summed E-state index contributed by atoms with van der Waals surface area (Å²) in [5.74, 6) is -0.277. The van der Waals surface area contributed by atoms with E-state index < -0.39 is 29.6 Å². The van der Waals surface area contributed by atoms with Gasteiger partial charge in [0.15, 0.2) is 5.41 Å². The fraction of sp³-hybridized carbons (Fsp3) is 0.312. The summed E-state index contributed by atoms with van der Waals surface area (Å²) in [6, 6.07) is 6.13. The minimum Gasteiger partial charge on any atom is -0.355 e. The number of H-pyrrole nitrogens is 1. The lowest BCUT2D eigenvalue weighted by atomic mass is 9.86. The van der Waals surface area contributed by atoms with Gasteiger partial charge in [-0.25, -0.2) is 9.97 Å². The van der Waals surface area contributed by atoms with E-state index in [1.165, 1.54) is 11.1 Å². The van der Waals surface area contributed by atoms with Crippen LogP contribution in [0, 0.1) is 0 Å². The molecule has 0 amide bonds. The van der Waals surface area contributed by atoms with Crippen LogP contribution < -0.4 is 10.5 Å². The number of alkyl halides is 3. The van der Waals surface area contributed by atoms with E-state index in [1.54, 1.807) is 18.2 Å². The van der Waals surface area contributed by atoms with E-state index in [4.69, 9.17) is 4.52 Å². The average Bonchev–Trinajstić information content (AvgIpc) is 3.30. The number of aromatic nitrogens is 5. The Kier molecular flexibility index (Phi) is 3.93. The largest absolute Gasteiger partial charge is 0.405 e. The van der Waals surface area contributed by atoms with Crippen molar-refractivity contribution in [3.05, 3.63) is 53.0 Å². The van der Waals surface area contributed by atoms with Crippen LogP contribution in [0.5, 0.6) is 0 Å². The second-order valence-corrected chi connectivity index (χ2v) is 6.16. The van der Waals surface area contributed by atoms with Gasteiger partial charge in [-0.2, -0.15) is 18.2 Å². The van der Waals surface area contributed by atoms with Crippen LogP contribution >= 0.6 is 0 Å². The van der Waals surface area contributed by atoms with E-state index in [9.17, 15) is 18.0 Å². The van der Waals surface area contributed by atoms with Gasteiger partial charge in [0, 0.05) is 25.4 Å². The first-order valence-electron chi connectivity index (χ1n) is 8.01. The van der Waals surface area contributed by atoms with E-state index in [0.717, 1.165) is 12.4 Å². The molecule has 0 bridgehead atoms. The molecular formula is C16H13F3N6O2. The van der Waals surface area contributed by atoms with Gasteiger partial charge in [0.2, 0.25) is 11.7 Å². The Labute approximate surface area is 150 Å². The standard InChI is InChI=1S/C16H13F3N6O2/c17-16(18,19)15(4-6-25(8-15)11-3-1-2-5-20-11)14-23-13(24-27-14)10-7-12(26)22-9-21-10/h1-3,5,7,9H,4,6,8H2,(H,21,22,26). The summed E-state index contributed by atoms with van der Waals surface area (Å²) in [6.45, 7) is -0.255. The van der Waals surface area contributed by atoms with E-state index in [0.29, 0.717) is 5.82 Å². The van der Waals surface area contributed by atoms with Gasteiger partial charge in [0.25, 0.3) is 5.56 Å². The van der Waals surface area contributed by atoms with Crippen LogP contribution in [0.3, 0.4) is 0 Å². The number of pyridine rings is 1. The molecule has 1 saturated heterocycles. The van der Waals surface area contributed by atoms with Crippen molar-refractivity contribution in [2.24, 2.45) is 0 Å². The van der Waals surface area contributed by atoms with Crippen LogP contribution in [0.1, 0.15) is 12.3 Å². The molecule has 0 spiro atoms. The third kappa shape index (κ3) is 2.94. The SMILES string of the molecule is O=c1cc(-c2noc(C3(C(F)(F)F)CCN(c4ccccn4)C3)n2)nc[nH]1. The minimum absolute atomic E-state index is 0.0330. The number of aromatic amines is 1. The van der Waals surface area contributed by atoms with E-state index >= 15 is 0 Å². The first kappa shape index (κ1) is 17.2. The lowest BCUT2D eigenvalue weighted by Crippen LogP contribution is -2.45. The van der Waals surface area contributed by atoms with Gasteiger partial charge in [-0.1, -0.05) is 11.2 Å². The molecule has 27 heavy (non-hydrogen) atoms. The number of halogens is 3. The van der Waals surface area contributed by atoms with Crippen molar-refractivity contribution in [2.45, 2.75) is 18.0 Å². The average molecular weight is 378 g/mol. The van der Waals surface area contributed by atoms with Gasteiger partial charge >= 0.3 is 6.18 Å². The highest BCUT2D eigenvalue weighted by molar-refractivity contribution is 5.48. The maximum Gasteiger partial charge on any atom is 0.405 e. The quantitative estimate of drug-likeness (QED) is 0.743. The normalized spacial score (nSPS) is 20.2. The minimum atomic E-state index is -4.61. The molecule has 1 N–H and O–H groups in total. The maximum absolute atomic E-state index is 14.0. The number of nitrogens with one attached hydrogen (secondary N) is 1. The molecule has 11 heteroatoms. The molecule has 4 heterocycles. The van der Waals surface area contributed by atoms with Crippen LogP contribution in [0.4, 0.5) is 19.0 Å². The predicted molar refractivity (Wildman–Crippen MR) is 86.9 cm³/mol. The van der Waals surface area contributed by atoms with Crippen molar-refractivity contribution >= 4 is 5.82 Å². The number of rotatable bonds is 3. The number of hydrogen-bond donors (Lipinski definition) is 1. The predicted octanol–water partition coefficient (Wildman–Crippen LogP) is 1.93. The Morgan fingerprint density at radius 1 is 1.26 bits per heavy atom. The molecule has 1 aliphatic rings. The Morgan fingerprint density at radius 2 is 2.11 bits per heavy atom. The topological polar surface area (TPSA) is 101 Å². The van der Waals surface area contributed by atoms with Crippen molar-refractivity contribution in [3.63, 3.8) is 0 Å². The number of nitrogens with zero attached hydrogens (tertiary/aromatic N) is 5. The van der Waals surface area contributed by atoms with Gasteiger partial charge in [-0.05, 0) is 18.6 Å². The highest BCUT2D eigenvalue weighted by Gasteiger charge is 2.63. The molecule has 3 aromatic rings. The van der Waals surface area contributed by atoms with Crippen LogP contribution in [0.2, 0.25) is 0 Å². The summed E-state index contributed by atoms with van der Waals surface area (Å²) in [4.78, 5) is 27.1. The summed E-state index contributed by atoms with van der Waals surface area (Å²) in [6.07, 6.45) is -2.22. The summed E-state index contributed by atoms with van der Waals surface area (Å²) in [7, 11) is 0. The molecule has 1 atom stereocenters. The van der Waals surface area contributed by atoms with Gasteiger partial charge < -0.3 is 14.4 Å². The van der Waals surface area contributed by atoms with Crippen molar-refractivity contribution < 1.29 is 17.7 Å². The maximum atomic E-state index is 14.0. The molecule has 1 fully saturated rings. The monoisotopic (exact) mass is 378 g/mol. The summed E-state index contributed by atoms with van der Waals surface area (Å²) < 4.78 is 47.0. The zero-order valence-corrected chi connectivity index (χ0v) is 13.8. The summed E-state index contributed by atoms with van der Waals surface area (Å²) in [5.41, 5.74) is -2.76.